The van der Waals surface area contributed by atoms with Crippen LogP contribution in [0, 0.1) is 0 Å². The molecule has 16 aromatic carbocycles. The van der Waals surface area contributed by atoms with Gasteiger partial charge in [0.25, 0.3) is 0 Å². The number of pyridine rings is 4. The van der Waals surface area contributed by atoms with E-state index in [0.29, 0.717) is 0 Å². The Morgan fingerprint density at radius 1 is 0.152 bits per heavy atom. The number of benzene rings is 16. The molecule has 0 saturated carbocycles. The Morgan fingerprint density at radius 3 is 1.01 bits per heavy atom. The monoisotopic (exact) mass is 1490 g/mol. The van der Waals surface area contributed by atoms with Crippen molar-refractivity contribution in [2.45, 2.75) is 0 Å². The molecule has 0 N–H and O–H groups in total. The van der Waals surface area contributed by atoms with Crippen LogP contribution < -0.4 is 0 Å². The van der Waals surface area contributed by atoms with E-state index in [1.165, 1.54) is 233 Å². The third kappa shape index (κ3) is 8.97. The molecule has 0 spiro atoms. The number of thiophene rings is 4. The van der Waals surface area contributed by atoms with Gasteiger partial charge < -0.3 is 17.6 Å². The first kappa shape index (κ1) is 62.5. The van der Waals surface area contributed by atoms with E-state index in [0.717, 1.165) is 0 Å². The van der Waals surface area contributed by atoms with Crippen LogP contribution in [0.2, 0.25) is 0 Å². The molecule has 0 unspecified atom stereocenters. The molecule has 0 aliphatic rings. The molecule has 0 fully saturated rings. The summed E-state index contributed by atoms with van der Waals surface area (Å²) in [5.41, 5.74) is 10.4. The lowest BCUT2D eigenvalue weighted by Gasteiger charge is -2.11. The zero-order chi connectivity index (χ0) is 73.0. The fourth-order valence-electron chi connectivity index (χ4n) is 19.1. The van der Waals surface area contributed by atoms with Crippen LogP contribution in [0.25, 0.3) is 233 Å². The molecule has 8 heteroatoms. The predicted molar refractivity (Wildman–Crippen MR) is 491 cm³/mol. The second-order valence-corrected chi connectivity index (χ2v) is 34.0. The van der Waals surface area contributed by atoms with Crippen molar-refractivity contribution in [3.05, 3.63) is 365 Å². The van der Waals surface area contributed by atoms with E-state index in [4.69, 9.17) is 0 Å². The molecule has 12 heterocycles. The van der Waals surface area contributed by atoms with E-state index in [-0.39, 0.29) is 0 Å². The molecule has 0 radical (unpaired) electrons. The molecule has 0 aliphatic carbocycles. The fraction of sp³-hybridized carbons (Fsp3) is 0. The van der Waals surface area contributed by atoms with Gasteiger partial charge in [-0.1, -0.05) is 279 Å². The van der Waals surface area contributed by atoms with Gasteiger partial charge in [0.1, 0.15) is 0 Å². The maximum Gasteiger partial charge on any atom is 0.0628 e. The minimum absolute atomic E-state index is 1.28. The van der Waals surface area contributed by atoms with Crippen molar-refractivity contribution in [2.75, 3.05) is 0 Å². The van der Waals surface area contributed by atoms with Crippen molar-refractivity contribution >= 4 is 278 Å². The standard InChI is InChI=1S/4C26H15NS/c1-2-8-17-16(7-1)15-27-22-14-13-21-18-9-5-6-12-23(18)28-26(21)24(22)19-10-3-4-11-20(19)25(17)27;1-2-8-17-16(7-1)15-27-23-13-22-19-10-5-6-12-24(19)28-25(22)14-21(23)18-9-3-4-11-20(18)26(17)27;1-2-8-17-16(7-1)15-27-25(17)19-10-4-3-9-18(19)20-13-14-23-24(26(20)27)21-11-5-6-12-22(21)28-23;1-2-8-17-16(7-1)15-27-21-13-14-23-25(20-11-5-6-12-22(20)28-23)24(21)18-9-3-4-10-19(18)26(17)27/h4*1-15H. The van der Waals surface area contributed by atoms with Crippen LogP contribution in [0.3, 0.4) is 0 Å². The largest absolute Gasteiger partial charge is 0.315 e. The van der Waals surface area contributed by atoms with Gasteiger partial charge in [0.15, 0.2) is 0 Å². The number of hydrogen-bond donors (Lipinski definition) is 0. The molecule has 0 amide bonds. The number of aromatic nitrogens is 4. The van der Waals surface area contributed by atoms with Crippen LogP contribution in [-0.2, 0) is 0 Å². The zero-order valence-corrected chi connectivity index (χ0v) is 63.3. The maximum absolute atomic E-state index is 2.43. The first-order valence-electron chi connectivity index (χ1n) is 38.2. The lowest BCUT2D eigenvalue weighted by molar-refractivity contribution is 1.30. The van der Waals surface area contributed by atoms with E-state index in [9.17, 15) is 0 Å². The Labute approximate surface area is 654 Å². The molecule has 28 aromatic rings. The first-order chi connectivity index (χ1) is 55.6. The SMILES string of the molecule is c1ccc2c(c1)cn1c2c2ccccc2c2ccc3sc4ccccc4c3c21.c1ccc2c(c1)cn1c3cc4c(cc3c3ccccc3c21)sc1ccccc14.c1ccc2c(c1)cn1c3ccc4c5ccccc5sc4c3c3ccccc3c21.c1ccc2c(c1)cn1c3ccc4sc5ccccc5c4c3c3ccccc3c21. The summed E-state index contributed by atoms with van der Waals surface area (Å²) in [5, 5.41) is 37.2. The molecule has 28 rings (SSSR count). The third-order valence-electron chi connectivity index (χ3n) is 23.8. The van der Waals surface area contributed by atoms with Gasteiger partial charge in [-0.3, -0.25) is 0 Å². The van der Waals surface area contributed by atoms with E-state index >= 15 is 0 Å². The second-order valence-electron chi connectivity index (χ2n) is 29.7. The Morgan fingerprint density at radius 2 is 0.473 bits per heavy atom. The Kier molecular flexibility index (Phi) is 13.4. The van der Waals surface area contributed by atoms with Gasteiger partial charge in [-0.05, 0) is 82.2 Å². The fourth-order valence-corrected chi connectivity index (χ4v) is 23.7. The van der Waals surface area contributed by atoms with Crippen molar-refractivity contribution < 1.29 is 0 Å². The Bertz CT molecular complexity index is 8850. The zero-order valence-electron chi connectivity index (χ0n) is 60.1. The molecular weight excluding hydrogens is 1430 g/mol. The summed E-state index contributed by atoms with van der Waals surface area (Å²) in [6.07, 6.45) is 9.18. The summed E-state index contributed by atoms with van der Waals surface area (Å²) in [5.74, 6) is 0. The van der Waals surface area contributed by atoms with Crippen LogP contribution in [0.4, 0.5) is 0 Å². The van der Waals surface area contributed by atoms with Crippen LogP contribution in [0.15, 0.2) is 365 Å². The molecule has 112 heavy (non-hydrogen) atoms. The smallest absolute Gasteiger partial charge is 0.0628 e. The average molecular weight is 1490 g/mol. The van der Waals surface area contributed by atoms with E-state index in [2.05, 4.69) is 382 Å². The quantitative estimate of drug-likeness (QED) is 0.135. The highest BCUT2D eigenvalue weighted by molar-refractivity contribution is 7.27. The summed E-state index contributed by atoms with van der Waals surface area (Å²) in [4.78, 5) is 0. The lowest BCUT2D eigenvalue weighted by atomic mass is 9.99. The number of rotatable bonds is 0. The number of nitrogens with zero attached hydrogens (tertiary/aromatic N) is 4. The van der Waals surface area contributed by atoms with Crippen molar-refractivity contribution in [3.8, 4) is 0 Å². The predicted octanol–water partition coefficient (Wildman–Crippen LogP) is 31.1. The van der Waals surface area contributed by atoms with Gasteiger partial charge in [0.2, 0.25) is 0 Å². The van der Waals surface area contributed by atoms with Gasteiger partial charge in [-0.25, -0.2) is 0 Å². The average Bonchev–Trinajstić information content (AvgIpc) is 1.60. The third-order valence-corrected chi connectivity index (χ3v) is 28.4. The van der Waals surface area contributed by atoms with E-state index < -0.39 is 0 Å². The summed E-state index contributed by atoms with van der Waals surface area (Å²) < 4.78 is 20.5. The Balaban J connectivity index is 0.0000000847. The van der Waals surface area contributed by atoms with E-state index in [1.807, 2.05) is 45.3 Å². The summed E-state index contributed by atoms with van der Waals surface area (Å²) in [7, 11) is 0. The van der Waals surface area contributed by atoms with Crippen molar-refractivity contribution in [2.24, 2.45) is 0 Å². The second kappa shape index (κ2) is 24.0. The number of hydrogen-bond acceptors (Lipinski definition) is 4. The topological polar surface area (TPSA) is 17.6 Å². The van der Waals surface area contributed by atoms with Crippen LogP contribution in [0.5, 0.6) is 0 Å². The molecule has 0 saturated heterocycles. The molecule has 4 nitrogen and oxygen atoms in total. The molecular formula is C104H60N4S4. The first-order valence-corrected chi connectivity index (χ1v) is 41.4. The van der Waals surface area contributed by atoms with E-state index in [1.54, 1.807) is 0 Å². The van der Waals surface area contributed by atoms with Gasteiger partial charge in [-0.2, -0.15) is 0 Å². The normalized spacial score (nSPS) is 12.3. The minimum atomic E-state index is 1.28. The summed E-state index contributed by atoms with van der Waals surface area (Å²) in [6.45, 7) is 0. The van der Waals surface area contributed by atoms with Crippen LogP contribution >= 0.6 is 45.3 Å². The highest BCUT2D eigenvalue weighted by Gasteiger charge is 2.22. The van der Waals surface area contributed by atoms with Gasteiger partial charge in [-0.15, -0.1) is 45.3 Å². The number of fused-ring (bicyclic) bond motifs is 47. The lowest BCUT2D eigenvalue weighted by Crippen LogP contribution is -1.90. The summed E-state index contributed by atoms with van der Waals surface area (Å²) in [6, 6.07) is 124. The van der Waals surface area contributed by atoms with Crippen LogP contribution in [0.1, 0.15) is 0 Å². The van der Waals surface area contributed by atoms with Gasteiger partial charge in [0.05, 0.1) is 44.1 Å². The highest BCUT2D eigenvalue weighted by atomic mass is 32.1. The molecule has 0 aliphatic heterocycles. The molecule has 0 bridgehead atoms. The molecule has 520 valence electrons. The van der Waals surface area contributed by atoms with Crippen molar-refractivity contribution in [3.63, 3.8) is 0 Å². The van der Waals surface area contributed by atoms with Gasteiger partial charge in [0, 0.05) is 192 Å². The highest BCUT2D eigenvalue weighted by Crippen LogP contribution is 2.49. The maximum atomic E-state index is 2.43. The Hall–Kier alpha value is -13.4. The summed E-state index contributed by atoms with van der Waals surface area (Å²) >= 11 is 7.56. The minimum Gasteiger partial charge on any atom is -0.315 e. The van der Waals surface area contributed by atoms with Crippen molar-refractivity contribution in [1.82, 2.24) is 17.6 Å². The van der Waals surface area contributed by atoms with Crippen LogP contribution in [-0.4, -0.2) is 17.6 Å². The molecule has 12 aromatic heterocycles. The van der Waals surface area contributed by atoms with Gasteiger partial charge >= 0.3 is 0 Å². The van der Waals surface area contributed by atoms with Crippen molar-refractivity contribution in [1.29, 1.82) is 0 Å². The molecule has 0 atom stereocenters.